The minimum absolute atomic E-state index is 0.280. The largest absolute Gasteiger partial charge is 0.312 e. The summed E-state index contributed by atoms with van der Waals surface area (Å²) in [6.07, 6.45) is 8.88. The summed E-state index contributed by atoms with van der Waals surface area (Å²) in [5.41, 5.74) is 1.53. The van der Waals surface area contributed by atoms with E-state index in [1.54, 1.807) is 0 Å². The van der Waals surface area contributed by atoms with E-state index in [1.807, 2.05) is 0 Å². The van der Waals surface area contributed by atoms with Gasteiger partial charge < -0.3 is 5.32 Å². The highest BCUT2D eigenvalue weighted by Gasteiger charge is 2.53. The van der Waals surface area contributed by atoms with Crippen molar-refractivity contribution in [2.75, 3.05) is 6.54 Å². The summed E-state index contributed by atoms with van der Waals surface area (Å²) in [5, 5.41) is 3.72. The summed E-state index contributed by atoms with van der Waals surface area (Å²) in [4.78, 5) is 0. The Labute approximate surface area is 120 Å². The van der Waals surface area contributed by atoms with Crippen LogP contribution in [0.5, 0.6) is 0 Å². The van der Waals surface area contributed by atoms with Gasteiger partial charge in [-0.25, -0.2) is 0 Å². The molecule has 3 unspecified atom stereocenters. The van der Waals surface area contributed by atoms with Crippen molar-refractivity contribution in [1.82, 2.24) is 5.32 Å². The molecule has 19 heavy (non-hydrogen) atoms. The van der Waals surface area contributed by atoms with Gasteiger partial charge in [0.2, 0.25) is 0 Å². The minimum atomic E-state index is 0.280. The highest BCUT2D eigenvalue weighted by molar-refractivity contribution is 5.05. The highest BCUT2D eigenvalue weighted by Crippen LogP contribution is 2.61. The predicted molar refractivity (Wildman–Crippen MR) is 84.3 cm³/mol. The van der Waals surface area contributed by atoms with E-state index in [2.05, 4.69) is 46.9 Å². The first kappa shape index (κ1) is 15.4. The van der Waals surface area contributed by atoms with Crippen LogP contribution in [0.1, 0.15) is 80.1 Å². The molecule has 112 valence electrons. The molecule has 1 heteroatoms. The molecule has 0 bridgehead atoms. The zero-order valence-electron chi connectivity index (χ0n) is 14.1. The molecule has 2 saturated carbocycles. The fraction of sp³-hybridized carbons (Fsp3) is 1.00. The van der Waals surface area contributed by atoms with Gasteiger partial charge in [-0.3, -0.25) is 0 Å². The lowest BCUT2D eigenvalue weighted by Gasteiger charge is -2.30. The average Bonchev–Trinajstić information content (AvgIpc) is 2.96. The summed E-state index contributed by atoms with van der Waals surface area (Å²) >= 11 is 0. The van der Waals surface area contributed by atoms with Gasteiger partial charge in [-0.15, -0.1) is 0 Å². The maximum atomic E-state index is 3.72. The highest BCUT2D eigenvalue weighted by atomic mass is 15.0. The molecule has 2 aliphatic carbocycles. The van der Waals surface area contributed by atoms with Crippen molar-refractivity contribution >= 4 is 0 Å². The molecular weight excluding hydrogens is 230 g/mol. The zero-order chi connectivity index (χ0) is 14.3. The van der Waals surface area contributed by atoms with Crippen molar-refractivity contribution in [3.8, 4) is 0 Å². The van der Waals surface area contributed by atoms with Crippen molar-refractivity contribution in [1.29, 1.82) is 0 Å². The normalized spacial score (nSPS) is 36.3. The Balaban J connectivity index is 1.84. The molecule has 0 radical (unpaired) electrons. The van der Waals surface area contributed by atoms with Gasteiger partial charge in [-0.1, -0.05) is 27.2 Å². The maximum Gasteiger partial charge on any atom is 0.00966 e. The summed E-state index contributed by atoms with van der Waals surface area (Å²) in [5.74, 6) is 1.91. The lowest BCUT2D eigenvalue weighted by atomic mass is 9.76. The molecule has 0 aromatic rings. The van der Waals surface area contributed by atoms with Crippen molar-refractivity contribution in [2.45, 2.75) is 85.6 Å². The van der Waals surface area contributed by atoms with Crippen LogP contribution in [0.15, 0.2) is 0 Å². The minimum Gasteiger partial charge on any atom is -0.312 e. The zero-order valence-corrected chi connectivity index (χ0v) is 14.1. The van der Waals surface area contributed by atoms with Crippen LogP contribution in [0, 0.1) is 22.7 Å². The Bertz CT molecular complexity index is 307. The van der Waals surface area contributed by atoms with Gasteiger partial charge >= 0.3 is 0 Å². The van der Waals surface area contributed by atoms with Crippen LogP contribution in [0.4, 0.5) is 0 Å². The van der Waals surface area contributed by atoms with Crippen LogP contribution in [-0.2, 0) is 0 Å². The first-order valence-electron chi connectivity index (χ1n) is 8.37. The Morgan fingerprint density at radius 2 is 1.68 bits per heavy atom. The summed E-state index contributed by atoms with van der Waals surface area (Å²) in [7, 11) is 0. The second kappa shape index (κ2) is 5.06. The molecule has 2 fully saturated rings. The topological polar surface area (TPSA) is 12.0 Å². The second-order valence-electron chi connectivity index (χ2n) is 9.39. The molecule has 0 heterocycles. The van der Waals surface area contributed by atoms with Crippen molar-refractivity contribution in [3.63, 3.8) is 0 Å². The average molecular weight is 265 g/mol. The van der Waals surface area contributed by atoms with Gasteiger partial charge in [-0.05, 0) is 82.1 Å². The van der Waals surface area contributed by atoms with Gasteiger partial charge in [-0.2, -0.15) is 0 Å². The molecule has 2 rings (SSSR count). The molecule has 1 nitrogen and oxygen atoms in total. The van der Waals surface area contributed by atoms with E-state index in [1.165, 1.54) is 45.1 Å². The first-order valence-corrected chi connectivity index (χ1v) is 8.37. The van der Waals surface area contributed by atoms with E-state index in [0.717, 1.165) is 17.3 Å². The molecule has 1 N–H and O–H groups in total. The summed E-state index contributed by atoms with van der Waals surface area (Å²) < 4.78 is 0. The number of hydrogen-bond acceptors (Lipinski definition) is 1. The van der Waals surface area contributed by atoms with Crippen molar-refractivity contribution in [2.24, 2.45) is 22.7 Å². The van der Waals surface area contributed by atoms with E-state index in [0.29, 0.717) is 5.41 Å². The van der Waals surface area contributed by atoms with Crippen LogP contribution in [0.25, 0.3) is 0 Å². The van der Waals surface area contributed by atoms with Gasteiger partial charge in [0.15, 0.2) is 0 Å². The van der Waals surface area contributed by atoms with Gasteiger partial charge in [0, 0.05) is 5.54 Å². The molecule has 2 aliphatic rings. The predicted octanol–water partition coefficient (Wildman–Crippen LogP) is 5.01. The maximum absolute atomic E-state index is 3.72. The third-order valence-electron chi connectivity index (χ3n) is 5.68. The molecule has 0 aromatic carbocycles. The van der Waals surface area contributed by atoms with Gasteiger partial charge in [0.25, 0.3) is 0 Å². The summed E-state index contributed by atoms with van der Waals surface area (Å²) in [6.45, 7) is 15.4. The first-order chi connectivity index (χ1) is 8.62. The number of rotatable bonds is 2. The van der Waals surface area contributed by atoms with E-state index in [9.17, 15) is 0 Å². The molecular formula is C18H35N. The Morgan fingerprint density at radius 1 is 1.00 bits per heavy atom. The van der Waals surface area contributed by atoms with Crippen LogP contribution >= 0.6 is 0 Å². The van der Waals surface area contributed by atoms with E-state index in [4.69, 9.17) is 0 Å². The molecule has 0 saturated heterocycles. The van der Waals surface area contributed by atoms with Gasteiger partial charge in [0.1, 0.15) is 0 Å². The Kier molecular flexibility index (Phi) is 4.09. The van der Waals surface area contributed by atoms with Crippen molar-refractivity contribution < 1.29 is 0 Å². The third-order valence-corrected chi connectivity index (χ3v) is 5.68. The van der Waals surface area contributed by atoms with Crippen molar-refractivity contribution in [3.05, 3.63) is 0 Å². The van der Waals surface area contributed by atoms with Crippen LogP contribution in [0.2, 0.25) is 0 Å². The third kappa shape index (κ3) is 3.97. The Hall–Kier alpha value is -0.0400. The van der Waals surface area contributed by atoms with Crippen LogP contribution in [-0.4, -0.2) is 12.1 Å². The lowest BCUT2D eigenvalue weighted by molar-refractivity contribution is 0.210. The molecule has 3 atom stereocenters. The fourth-order valence-corrected chi connectivity index (χ4v) is 4.06. The van der Waals surface area contributed by atoms with E-state index >= 15 is 0 Å². The molecule has 0 amide bonds. The van der Waals surface area contributed by atoms with Gasteiger partial charge in [0.05, 0.1) is 0 Å². The quantitative estimate of drug-likeness (QED) is 0.740. The smallest absolute Gasteiger partial charge is 0.00966 e. The Morgan fingerprint density at radius 3 is 2.26 bits per heavy atom. The second-order valence-corrected chi connectivity index (χ2v) is 9.39. The van der Waals surface area contributed by atoms with E-state index in [-0.39, 0.29) is 5.54 Å². The van der Waals surface area contributed by atoms with E-state index < -0.39 is 0 Å². The molecule has 0 aliphatic heterocycles. The number of hydrogen-bond donors (Lipinski definition) is 1. The summed E-state index contributed by atoms with van der Waals surface area (Å²) in [6, 6.07) is 0. The number of nitrogens with one attached hydrogen (secondary N) is 1. The van der Waals surface area contributed by atoms with Crippen LogP contribution in [0.3, 0.4) is 0 Å². The standard InChI is InChI=1S/C18H35N/c1-16(2,3)14-8-7-10-18(11-9-14)12-15(18)13-19-17(4,5)6/h14-15,19H,7-13H2,1-6H3. The lowest BCUT2D eigenvalue weighted by Crippen LogP contribution is -2.37. The fourth-order valence-electron chi connectivity index (χ4n) is 4.06. The SMILES string of the molecule is CC(C)(C)NCC1CC12CCCC(C(C)(C)C)CC2. The monoisotopic (exact) mass is 265 g/mol. The van der Waals surface area contributed by atoms with Crippen LogP contribution < -0.4 is 5.32 Å². The molecule has 0 aromatic heterocycles. The molecule has 1 spiro atoms.